The summed E-state index contributed by atoms with van der Waals surface area (Å²) in [7, 11) is 1.48. The second kappa shape index (κ2) is 10.5. The SMILES string of the molecule is COc1cc(/C=C/C(=O)OCC(=O)Nc2cccc3ccccc23)ccc1OCC#N. The van der Waals surface area contributed by atoms with Crippen molar-refractivity contribution >= 4 is 34.4 Å². The summed E-state index contributed by atoms with van der Waals surface area (Å²) in [4.78, 5) is 24.1. The number of ether oxygens (including phenoxy) is 3. The Balaban J connectivity index is 1.55. The molecule has 7 heteroatoms. The second-order valence-electron chi connectivity index (χ2n) is 6.37. The predicted molar refractivity (Wildman–Crippen MR) is 117 cm³/mol. The molecule has 0 aliphatic carbocycles. The Hall–Kier alpha value is -4.31. The summed E-state index contributed by atoms with van der Waals surface area (Å²) in [5.41, 5.74) is 1.32. The normalized spacial score (nSPS) is 10.5. The van der Waals surface area contributed by atoms with Crippen LogP contribution in [0.3, 0.4) is 0 Å². The number of esters is 1. The molecule has 0 atom stereocenters. The molecule has 0 saturated carbocycles. The lowest BCUT2D eigenvalue weighted by atomic mass is 10.1. The van der Waals surface area contributed by atoms with Crippen LogP contribution in [0.25, 0.3) is 16.8 Å². The molecular weight excluding hydrogens is 396 g/mol. The number of methoxy groups -OCH3 is 1. The molecule has 0 bridgehead atoms. The van der Waals surface area contributed by atoms with E-state index in [1.54, 1.807) is 24.3 Å². The van der Waals surface area contributed by atoms with E-state index in [1.807, 2.05) is 42.5 Å². The third-order valence-corrected chi connectivity index (χ3v) is 4.30. The first-order chi connectivity index (χ1) is 15.1. The fourth-order valence-electron chi connectivity index (χ4n) is 2.89. The van der Waals surface area contributed by atoms with Gasteiger partial charge in [0.1, 0.15) is 6.07 Å². The number of nitrogens with one attached hydrogen (secondary N) is 1. The monoisotopic (exact) mass is 416 g/mol. The van der Waals surface area contributed by atoms with Crippen LogP contribution in [0.2, 0.25) is 0 Å². The van der Waals surface area contributed by atoms with Gasteiger partial charge >= 0.3 is 5.97 Å². The lowest BCUT2D eigenvalue weighted by Gasteiger charge is -2.09. The highest BCUT2D eigenvalue weighted by Crippen LogP contribution is 2.28. The highest BCUT2D eigenvalue weighted by Gasteiger charge is 2.09. The van der Waals surface area contributed by atoms with E-state index in [2.05, 4.69) is 5.32 Å². The van der Waals surface area contributed by atoms with Gasteiger partial charge in [-0.3, -0.25) is 4.79 Å². The summed E-state index contributed by atoms with van der Waals surface area (Å²) in [6.45, 7) is -0.505. The van der Waals surface area contributed by atoms with Gasteiger partial charge in [-0.15, -0.1) is 0 Å². The van der Waals surface area contributed by atoms with Crippen molar-refractivity contribution in [2.45, 2.75) is 0 Å². The van der Waals surface area contributed by atoms with Gasteiger partial charge in [-0.05, 0) is 35.2 Å². The van der Waals surface area contributed by atoms with Gasteiger partial charge in [0.25, 0.3) is 5.91 Å². The van der Waals surface area contributed by atoms with Gasteiger partial charge in [0, 0.05) is 17.1 Å². The first kappa shape index (κ1) is 21.4. The van der Waals surface area contributed by atoms with Crippen LogP contribution >= 0.6 is 0 Å². The maximum absolute atomic E-state index is 12.2. The molecule has 0 radical (unpaired) electrons. The lowest BCUT2D eigenvalue weighted by Crippen LogP contribution is -2.20. The van der Waals surface area contributed by atoms with Crippen molar-refractivity contribution in [3.05, 3.63) is 72.3 Å². The standard InChI is InChI=1S/C24H20N2O5/c1-29-22-15-17(9-11-21(22)30-14-13-25)10-12-24(28)31-16-23(27)26-20-8-4-6-18-5-2-3-7-19(18)20/h2-12,15H,14,16H2,1H3,(H,26,27)/b12-10+. The molecule has 156 valence electrons. The van der Waals surface area contributed by atoms with Gasteiger partial charge in [0.2, 0.25) is 0 Å². The van der Waals surface area contributed by atoms with Gasteiger partial charge in [-0.25, -0.2) is 4.79 Å². The Bertz CT molecular complexity index is 1160. The third-order valence-electron chi connectivity index (χ3n) is 4.30. The van der Waals surface area contributed by atoms with Crippen LogP contribution in [0.15, 0.2) is 66.7 Å². The second-order valence-corrected chi connectivity index (χ2v) is 6.37. The Morgan fingerprint density at radius 1 is 1.06 bits per heavy atom. The van der Waals surface area contributed by atoms with Crippen molar-refractivity contribution in [2.75, 3.05) is 25.6 Å². The molecule has 1 N–H and O–H groups in total. The maximum atomic E-state index is 12.2. The molecule has 0 unspecified atom stereocenters. The maximum Gasteiger partial charge on any atom is 0.331 e. The summed E-state index contributed by atoms with van der Waals surface area (Å²) in [6.07, 6.45) is 2.75. The highest BCUT2D eigenvalue weighted by molar-refractivity contribution is 6.03. The van der Waals surface area contributed by atoms with Gasteiger partial charge in [0.15, 0.2) is 24.7 Å². The van der Waals surface area contributed by atoms with E-state index in [-0.39, 0.29) is 6.61 Å². The number of nitrogens with zero attached hydrogens (tertiary/aromatic N) is 1. The van der Waals surface area contributed by atoms with Crippen molar-refractivity contribution in [3.63, 3.8) is 0 Å². The quantitative estimate of drug-likeness (QED) is 0.441. The first-order valence-corrected chi connectivity index (χ1v) is 9.41. The van der Waals surface area contributed by atoms with Gasteiger partial charge in [0.05, 0.1) is 7.11 Å². The first-order valence-electron chi connectivity index (χ1n) is 9.41. The van der Waals surface area contributed by atoms with Gasteiger partial charge < -0.3 is 19.5 Å². The Labute approximate surface area is 179 Å². The minimum atomic E-state index is -0.656. The summed E-state index contributed by atoms with van der Waals surface area (Å²) in [5, 5.41) is 13.3. The minimum Gasteiger partial charge on any atom is -0.493 e. The summed E-state index contributed by atoms with van der Waals surface area (Å²) >= 11 is 0. The zero-order valence-electron chi connectivity index (χ0n) is 16.8. The van der Waals surface area contributed by atoms with E-state index in [4.69, 9.17) is 19.5 Å². The lowest BCUT2D eigenvalue weighted by molar-refractivity contribution is -0.142. The highest BCUT2D eigenvalue weighted by atomic mass is 16.5. The number of carbonyl (C=O) groups is 2. The molecular formula is C24H20N2O5. The molecule has 0 saturated heterocycles. The Morgan fingerprint density at radius 3 is 2.68 bits per heavy atom. The van der Waals surface area contributed by atoms with Crippen LogP contribution in [-0.2, 0) is 14.3 Å². The molecule has 0 aliphatic heterocycles. The minimum absolute atomic E-state index is 0.0985. The molecule has 3 aromatic rings. The number of nitriles is 1. The van der Waals surface area contributed by atoms with Crippen molar-refractivity contribution < 1.29 is 23.8 Å². The molecule has 1 amide bonds. The van der Waals surface area contributed by atoms with E-state index >= 15 is 0 Å². The van der Waals surface area contributed by atoms with E-state index in [9.17, 15) is 9.59 Å². The topological polar surface area (TPSA) is 97.7 Å². The van der Waals surface area contributed by atoms with Crippen LogP contribution in [0, 0.1) is 11.3 Å². The summed E-state index contributed by atoms with van der Waals surface area (Å²) < 4.78 is 15.5. The van der Waals surface area contributed by atoms with Gasteiger partial charge in [-0.2, -0.15) is 5.26 Å². The smallest absolute Gasteiger partial charge is 0.331 e. The Kier molecular flexibility index (Phi) is 7.22. The number of hydrogen-bond acceptors (Lipinski definition) is 6. The summed E-state index contributed by atoms with van der Waals surface area (Å²) in [5.74, 6) is -0.232. The van der Waals surface area contributed by atoms with Crippen LogP contribution in [0.5, 0.6) is 11.5 Å². The fourth-order valence-corrected chi connectivity index (χ4v) is 2.89. The molecule has 7 nitrogen and oxygen atoms in total. The van der Waals surface area contributed by atoms with Crippen molar-refractivity contribution in [2.24, 2.45) is 0 Å². The van der Waals surface area contributed by atoms with Crippen LogP contribution in [0.1, 0.15) is 5.56 Å². The average Bonchev–Trinajstić information content (AvgIpc) is 2.80. The molecule has 3 rings (SSSR count). The summed E-state index contributed by atoms with van der Waals surface area (Å²) in [6, 6.07) is 20.1. The number of rotatable bonds is 8. The zero-order chi connectivity index (χ0) is 22.1. The largest absolute Gasteiger partial charge is 0.493 e. The molecule has 31 heavy (non-hydrogen) atoms. The number of amides is 1. The number of hydrogen-bond donors (Lipinski definition) is 1. The van der Waals surface area contributed by atoms with E-state index in [0.29, 0.717) is 22.7 Å². The molecule has 3 aromatic carbocycles. The van der Waals surface area contributed by atoms with E-state index in [0.717, 1.165) is 10.8 Å². The van der Waals surface area contributed by atoms with E-state index in [1.165, 1.54) is 19.3 Å². The average molecular weight is 416 g/mol. The van der Waals surface area contributed by atoms with Gasteiger partial charge in [-0.1, -0.05) is 42.5 Å². The molecule has 0 aliphatic rings. The predicted octanol–water partition coefficient (Wildman–Crippen LogP) is 3.95. The molecule has 0 heterocycles. The fraction of sp³-hybridized carbons (Fsp3) is 0.125. The van der Waals surface area contributed by atoms with Crippen molar-refractivity contribution in [1.29, 1.82) is 5.26 Å². The van der Waals surface area contributed by atoms with Crippen LogP contribution in [-0.4, -0.2) is 32.2 Å². The van der Waals surface area contributed by atoms with Crippen LogP contribution in [0.4, 0.5) is 5.69 Å². The molecule has 0 fully saturated rings. The van der Waals surface area contributed by atoms with E-state index < -0.39 is 18.5 Å². The number of benzene rings is 3. The number of carbonyl (C=O) groups excluding carboxylic acids is 2. The third kappa shape index (κ3) is 5.84. The molecule has 0 spiro atoms. The number of anilines is 1. The van der Waals surface area contributed by atoms with Crippen molar-refractivity contribution in [3.8, 4) is 17.6 Å². The molecule has 0 aromatic heterocycles. The van der Waals surface area contributed by atoms with Crippen LogP contribution < -0.4 is 14.8 Å². The number of fused-ring (bicyclic) bond motifs is 1. The Morgan fingerprint density at radius 2 is 1.87 bits per heavy atom. The van der Waals surface area contributed by atoms with Crippen molar-refractivity contribution in [1.82, 2.24) is 0 Å². The zero-order valence-corrected chi connectivity index (χ0v) is 16.8.